The van der Waals surface area contributed by atoms with Gasteiger partial charge in [0.2, 0.25) is 5.88 Å². The van der Waals surface area contributed by atoms with Gasteiger partial charge in [-0.2, -0.15) is 0 Å². The zero-order valence-electron chi connectivity index (χ0n) is 14.3. The third-order valence-electron chi connectivity index (χ3n) is 3.70. The third kappa shape index (κ3) is 5.63. The van der Waals surface area contributed by atoms with Crippen LogP contribution in [0.4, 0.5) is 10.5 Å². The van der Waals surface area contributed by atoms with Crippen LogP contribution in [0.3, 0.4) is 0 Å². The highest BCUT2D eigenvalue weighted by Gasteiger charge is 2.19. The van der Waals surface area contributed by atoms with Gasteiger partial charge in [0.25, 0.3) is 0 Å². The molecule has 8 nitrogen and oxygen atoms in total. The number of aliphatic hydroxyl groups excluding tert-OH is 1. The topological polar surface area (TPSA) is 87.2 Å². The molecule has 1 aliphatic rings. The Morgan fingerprint density at radius 2 is 2.29 bits per heavy atom. The number of amides is 2. The fourth-order valence-corrected chi connectivity index (χ4v) is 2.49. The van der Waals surface area contributed by atoms with Crippen molar-refractivity contribution in [2.75, 3.05) is 58.4 Å². The standard InChI is InChI=1S/C16H26N4O4/c1-3-24-15-14(5-4-6-17-15)18-16(22)19(2)11-13(21)12-20-7-9-23-10-8-20/h4-6,13,21H,3,7-12H2,1-2H3,(H,18,22)/t13-/m1/s1. The predicted molar refractivity (Wildman–Crippen MR) is 90.3 cm³/mol. The Morgan fingerprint density at radius 1 is 1.54 bits per heavy atom. The van der Waals surface area contributed by atoms with Gasteiger partial charge in [0.05, 0.1) is 25.9 Å². The summed E-state index contributed by atoms with van der Waals surface area (Å²) in [6, 6.07) is 3.14. The number of morpholine rings is 1. The molecule has 2 rings (SSSR count). The van der Waals surface area contributed by atoms with Gasteiger partial charge in [0, 0.05) is 39.4 Å². The smallest absolute Gasteiger partial charge is 0.321 e. The minimum Gasteiger partial charge on any atom is -0.476 e. The Balaban J connectivity index is 1.83. The van der Waals surface area contributed by atoms with E-state index in [-0.39, 0.29) is 12.6 Å². The molecule has 2 N–H and O–H groups in total. The van der Waals surface area contributed by atoms with Crippen LogP contribution in [-0.2, 0) is 4.74 Å². The summed E-state index contributed by atoms with van der Waals surface area (Å²) in [5.74, 6) is 0.385. The number of ether oxygens (including phenoxy) is 2. The van der Waals surface area contributed by atoms with Crippen molar-refractivity contribution in [1.82, 2.24) is 14.8 Å². The molecule has 0 saturated carbocycles. The molecule has 0 aromatic carbocycles. The monoisotopic (exact) mass is 338 g/mol. The van der Waals surface area contributed by atoms with Crippen LogP contribution in [0.25, 0.3) is 0 Å². The lowest BCUT2D eigenvalue weighted by Crippen LogP contribution is -2.45. The Labute approximate surface area is 142 Å². The Kier molecular flexibility index (Phi) is 7.23. The second-order valence-electron chi connectivity index (χ2n) is 5.67. The average Bonchev–Trinajstić information content (AvgIpc) is 2.57. The van der Waals surface area contributed by atoms with Crippen LogP contribution in [-0.4, -0.2) is 85.1 Å². The number of hydrogen-bond donors (Lipinski definition) is 2. The van der Waals surface area contributed by atoms with Crippen LogP contribution >= 0.6 is 0 Å². The first-order valence-electron chi connectivity index (χ1n) is 8.18. The summed E-state index contributed by atoms with van der Waals surface area (Å²) in [5.41, 5.74) is 0.513. The number of urea groups is 1. The SMILES string of the molecule is CCOc1ncccc1NC(=O)N(C)C[C@@H](O)CN1CCOCC1. The van der Waals surface area contributed by atoms with E-state index in [1.54, 1.807) is 25.4 Å². The lowest BCUT2D eigenvalue weighted by atomic mass is 10.3. The summed E-state index contributed by atoms with van der Waals surface area (Å²) in [5, 5.41) is 12.9. The first-order valence-corrected chi connectivity index (χ1v) is 8.18. The molecule has 134 valence electrons. The van der Waals surface area contributed by atoms with Crippen LogP contribution < -0.4 is 10.1 Å². The zero-order valence-corrected chi connectivity index (χ0v) is 14.3. The molecule has 1 aromatic heterocycles. The summed E-state index contributed by atoms with van der Waals surface area (Å²) in [7, 11) is 1.65. The van der Waals surface area contributed by atoms with E-state index < -0.39 is 6.10 Å². The molecule has 0 bridgehead atoms. The van der Waals surface area contributed by atoms with E-state index in [0.29, 0.717) is 37.9 Å². The van der Waals surface area contributed by atoms with E-state index in [1.807, 2.05) is 6.92 Å². The fraction of sp³-hybridized carbons (Fsp3) is 0.625. The lowest BCUT2D eigenvalue weighted by Gasteiger charge is -2.30. The quantitative estimate of drug-likeness (QED) is 0.759. The molecule has 0 aliphatic carbocycles. The number of aromatic nitrogens is 1. The van der Waals surface area contributed by atoms with Gasteiger partial charge >= 0.3 is 6.03 Å². The van der Waals surface area contributed by atoms with E-state index in [4.69, 9.17) is 9.47 Å². The van der Waals surface area contributed by atoms with Crippen LogP contribution in [0.15, 0.2) is 18.3 Å². The molecular weight excluding hydrogens is 312 g/mol. The molecule has 2 amide bonds. The normalized spacial score (nSPS) is 16.5. The van der Waals surface area contributed by atoms with E-state index in [2.05, 4.69) is 15.2 Å². The molecule has 1 fully saturated rings. The van der Waals surface area contributed by atoms with Gasteiger partial charge in [-0.05, 0) is 19.1 Å². The maximum Gasteiger partial charge on any atom is 0.321 e. The molecule has 0 radical (unpaired) electrons. The van der Waals surface area contributed by atoms with E-state index in [0.717, 1.165) is 13.1 Å². The summed E-state index contributed by atoms with van der Waals surface area (Å²) in [4.78, 5) is 20.0. The molecule has 0 unspecified atom stereocenters. The van der Waals surface area contributed by atoms with Crippen molar-refractivity contribution < 1.29 is 19.4 Å². The average molecular weight is 338 g/mol. The summed E-state index contributed by atoms with van der Waals surface area (Å²) < 4.78 is 10.7. The molecule has 8 heteroatoms. The molecule has 2 heterocycles. The van der Waals surface area contributed by atoms with Gasteiger partial charge in [0.1, 0.15) is 5.69 Å². The van der Waals surface area contributed by atoms with Crippen LogP contribution in [0.5, 0.6) is 5.88 Å². The largest absolute Gasteiger partial charge is 0.476 e. The minimum absolute atomic E-state index is 0.243. The van der Waals surface area contributed by atoms with E-state index in [1.165, 1.54) is 4.90 Å². The van der Waals surface area contributed by atoms with Gasteiger partial charge in [-0.3, -0.25) is 4.90 Å². The maximum atomic E-state index is 12.3. The number of carbonyl (C=O) groups is 1. The van der Waals surface area contributed by atoms with Crippen molar-refractivity contribution in [2.45, 2.75) is 13.0 Å². The van der Waals surface area contributed by atoms with Gasteiger partial charge in [-0.25, -0.2) is 9.78 Å². The van der Waals surface area contributed by atoms with Crippen molar-refractivity contribution in [2.24, 2.45) is 0 Å². The molecule has 1 aromatic rings. The molecule has 1 atom stereocenters. The lowest BCUT2D eigenvalue weighted by molar-refractivity contribution is 0.0109. The molecule has 24 heavy (non-hydrogen) atoms. The minimum atomic E-state index is -0.612. The van der Waals surface area contributed by atoms with Crippen molar-refractivity contribution >= 4 is 11.7 Å². The number of pyridine rings is 1. The highest BCUT2D eigenvalue weighted by molar-refractivity contribution is 5.90. The fourth-order valence-electron chi connectivity index (χ4n) is 2.49. The Morgan fingerprint density at radius 3 is 3.00 bits per heavy atom. The summed E-state index contributed by atoms with van der Waals surface area (Å²) in [6.07, 6.45) is 0.996. The van der Waals surface area contributed by atoms with Gasteiger partial charge in [-0.1, -0.05) is 0 Å². The van der Waals surface area contributed by atoms with Crippen molar-refractivity contribution in [1.29, 1.82) is 0 Å². The highest BCUT2D eigenvalue weighted by Crippen LogP contribution is 2.20. The zero-order chi connectivity index (χ0) is 17.4. The van der Waals surface area contributed by atoms with E-state index in [9.17, 15) is 9.90 Å². The van der Waals surface area contributed by atoms with Crippen LogP contribution in [0.2, 0.25) is 0 Å². The second kappa shape index (κ2) is 9.41. The number of likely N-dealkylation sites (N-methyl/N-ethyl adjacent to an activating group) is 1. The molecule has 1 aliphatic heterocycles. The highest BCUT2D eigenvalue weighted by atomic mass is 16.5. The van der Waals surface area contributed by atoms with Crippen molar-refractivity contribution in [3.63, 3.8) is 0 Å². The molecule has 1 saturated heterocycles. The number of hydrogen-bond acceptors (Lipinski definition) is 6. The predicted octanol–water partition coefficient (Wildman–Crippen LogP) is 0.637. The molecule has 0 spiro atoms. The van der Waals surface area contributed by atoms with Crippen LogP contribution in [0.1, 0.15) is 6.92 Å². The van der Waals surface area contributed by atoms with Crippen molar-refractivity contribution in [3.8, 4) is 5.88 Å². The number of rotatable bonds is 7. The third-order valence-corrected chi connectivity index (χ3v) is 3.70. The molecular formula is C16H26N4O4. The Hall–Kier alpha value is -1.90. The maximum absolute atomic E-state index is 12.3. The summed E-state index contributed by atoms with van der Waals surface area (Å²) >= 11 is 0. The number of anilines is 1. The first kappa shape index (κ1) is 18.4. The number of nitrogens with zero attached hydrogens (tertiary/aromatic N) is 3. The number of aliphatic hydroxyl groups is 1. The first-order chi connectivity index (χ1) is 11.6. The van der Waals surface area contributed by atoms with E-state index >= 15 is 0 Å². The van der Waals surface area contributed by atoms with Gasteiger partial charge in [0.15, 0.2) is 0 Å². The van der Waals surface area contributed by atoms with Crippen molar-refractivity contribution in [3.05, 3.63) is 18.3 Å². The van der Waals surface area contributed by atoms with Crippen LogP contribution in [0, 0.1) is 0 Å². The number of nitrogens with one attached hydrogen (secondary N) is 1. The Bertz CT molecular complexity index is 523. The van der Waals surface area contributed by atoms with Gasteiger partial charge in [-0.15, -0.1) is 0 Å². The summed E-state index contributed by atoms with van der Waals surface area (Å²) in [6.45, 7) is 6.07. The number of carbonyl (C=O) groups excluding carboxylic acids is 1. The second-order valence-corrected chi connectivity index (χ2v) is 5.67. The number of β-amino-alcohol motifs (C(OH)–C–C–N with tert-alkyl or cyclic N) is 1. The van der Waals surface area contributed by atoms with Gasteiger partial charge < -0.3 is 24.8 Å².